The van der Waals surface area contributed by atoms with E-state index in [9.17, 15) is 14.4 Å². The van der Waals surface area contributed by atoms with Gasteiger partial charge in [0.15, 0.2) is 0 Å². The maximum Gasteiger partial charge on any atom is 0.337 e. The lowest BCUT2D eigenvalue weighted by Crippen LogP contribution is -2.35. The molecule has 3 aromatic carbocycles. The average molecular weight is 642 g/mol. The molecule has 1 aliphatic heterocycles. The molecule has 1 heterocycles. The Morgan fingerprint density at radius 1 is 0.947 bits per heavy atom. The third-order valence-electron chi connectivity index (χ3n) is 5.94. The summed E-state index contributed by atoms with van der Waals surface area (Å²) in [6.45, 7) is 0.270. The van der Waals surface area contributed by atoms with Crippen molar-refractivity contribution in [3.05, 3.63) is 86.3 Å². The van der Waals surface area contributed by atoms with Crippen molar-refractivity contribution in [2.75, 3.05) is 50.3 Å². The van der Waals surface area contributed by atoms with Crippen molar-refractivity contribution in [3.63, 3.8) is 0 Å². The van der Waals surface area contributed by atoms with Crippen molar-refractivity contribution in [2.45, 2.75) is 0 Å². The van der Waals surface area contributed by atoms with Crippen LogP contribution in [0.3, 0.4) is 0 Å². The maximum absolute atomic E-state index is 13.2. The van der Waals surface area contributed by atoms with E-state index in [0.717, 1.165) is 5.56 Å². The molecular weight excluding hydrogens is 616 g/mol. The Kier molecular flexibility index (Phi) is 8.35. The molecule has 196 valence electrons. The highest BCUT2D eigenvalue weighted by molar-refractivity contribution is 9.11. The van der Waals surface area contributed by atoms with Crippen molar-refractivity contribution < 1.29 is 19.1 Å². The normalized spacial score (nSPS) is 13.6. The van der Waals surface area contributed by atoms with E-state index in [-0.39, 0.29) is 18.4 Å². The summed E-state index contributed by atoms with van der Waals surface area (Å²) >= 11 is 7.22. The molecule has 0 saturated heterocycles. The number of methoxy groups -OCH3 is 1. The van der Waals surface area contributed by atoms with Crippen LogP contribution in [0.15, 0.2) is 69.6 Å². The van der Waals surface area contributed by atoms with Gasteiger partial charge in [0.25, 0.3) is 5.91 Å². The second-order valence-corrected chi connectivity index (χ2v) is 10.6. The van der Waals surface area contributed by atoms with Crippen LogP contribution < -0.4 is 15.5 Å². The molecule has 0 aliphatic carbocycles. The third-order valence-corrected chi connectivity index (χ3v) is 7.15. The lowest BCUT2D eigenvalue weighted by atomic mass is 9.99. The first-order valence-corrected chi connectivity index (χ1v) is 13.2. The molecule has 0 aromatic heterocycles. The van der Waals surface area contributed by atoms with Crippen molar-refractivity contribution >= 4 is 78.0 Å². The van der Waals surface area contributed by atoms with Gasteiger partial charge in [0, 0.05) is 27.2 Å². The predicted molar refractivity (Wildman–Crippen MR) is 157 cm³/mol. The minimum atomic E-state index is -0.482. The summed E-state index contributed by atoms with van der Waals surface area (Å²) < 4.78 is 6.21. The highest BCUT2D eigenvalue weighted by Gasteiger charge is 2.29. The van der Waals surface area contributed by atoms with Crippen LogP contribution in [0.25, 0.3) is 11.3 Å². The summed E-state index contributed by atoms with van der Waals surface area (Å²) in [6.07, 6.45) is 0. The molecule has 3 aromatic rings. The summed E-state index contributed by atoms with van der Waals surface area (Å²) in [5.74, 6) is -0.836. The van der Waals surface area contributed by atoms with E-state index in [2.05, 4.69) is 42.5 Å². The van der Waals surface area contributed by atoms with E-state index < -0.39 is 5.97 Å². The fourth-order valence-corrected chi connectivity index (χ4v) is 5.87. The number of anilines is 3. The van der Waals surface area contributed by atoms with Gasteiger partial charge in [-0.1, -0.05) is 36.4 Å². The van der Waals surface area contributed by atoms with E-state index in [0.29, 0.717) is 48.4 Å². The van der Waals surface area contributed by atoms with Crippen LogP contribution >= 0.6 is 31.9 Å². The summed E-state index contributed by atoms with van der Waals surface area (Å²) in [4.78, 5) is 41.3. The van der Waals surface area contributed by atoms with E-state index in [1.807, 2.05) is 61.5 Å². The predicted octanol–water partition coefficient (Wildman–Crippen LogP) is 5.46. The molecule has 38 heavy (non-hydrogen) atoms. The van der Waals surface area contributed by atoms with Gasteiger partial charge in [-0.2, -0.15) is 0 Å². The lowest BCUT2D eigenvalue weighted by Gasteiger charge is -2.23. The molecule has 0 unspecified atom stereocenters. The molecule has 0 spiro atoms. The van der Waals surface area contributed by atoms with Crippen molar-refractivity contribution in [2.24, 2.45) is 0 Å². The fraction of sp³-hybridized carbons (Fsp3) is 0.179. The molecule has 8 nitrogen and oxygen atoms in total. The number of esters is 1. The number of rotatable bonds is 7. The van der Waals surface area contributed by atoms with Gasteiger partial charge in [-0.05, 0) is 75.8 Å². The first kappa shape index (κ1) is 27.6. The number of hydrogen-bond acceptors (Lipinski definition) is 6. The van der Waals surface area contributed by atoms with Crippen molar-refractivity contribution in [3.8, 4) is 0 Å². The number of ether oxygens (including phenoxy) is 1. The monoisotopic (exact) mass is 640 g/mol. The molecule has 0 atom stereocenters. The number of nitrogens with one attached hydrogen (secondary N) is 2. The Bertz CT molecular complexity index is 1430. The largest absolute Gasteiger partial charge is 0.465 e. The zero-order valence-corrected chi connectivity index (χ0v) is 24.4. The number of nitrogens with zero attached hydrogens (tertiary/aromatic N) is 2. The molecule has 2 N–H and O–H groups in total. The summed E-state index contributed by atoms with van der Waals surface area (Å²) in [5.41, 5.74) is 4.76. The number of carbonyl (C=O) groups excluding carboxylic acids is 3. The Balaban J connectivity index is 1.79. The van der Waals surface area contributed by atoms with Crippen LogP contribution in [-0.2, 0) is 14.3 Å². The van der Waals surface area contributed by atoms with Crippen molar-refractivity contribution in [1.82, 2.24) is 4.90 Å². The van der Waals surface area contributed by atoms with Crippen LogP contribution in [0.5, 0.6) is 0 Å². The van der Waals surface area contributed by atoms with Gasteiger partial charge in [0.05, 0.1) is 41.9 Å². The molecule has 0 radical (unpaired) electrons. The number of likely N-dealkylation sites (N-methyl/N-ethyl adjacent to an activating group) is 2. The van der Waals surface area contributed by atoms with E-state index in [4.69, 9.17) is 4.74 Å². The van der Waals surface area contributed by atoms with Gasteiger partial charge in [0.2, 0.25) is 5.91 Å². The quantitative estimate of drug-likeness (QED) is 0.263. The smallest absolute Gasteiger partial charge is 0.337 e. The first-order valence-electron chi connectivity index (χ1n) is 11.6. The molecule has 0 saturated carbocycles. The van der Waals surface area contributed by atoms with Crippen LogP contribution in [0.2, 0.25) is 0 Å². The zero-order chi connectivity index (χ0) is 27.6. The Morgan fingerprint density at radius 3 is 2.21 bits per heavy atom. The standard InChI is InChI=1S/C28H26Br2N4O4/c1-33(2)15-23(35)34(3)26-20(29)13-18(14-21(26)30)31-25(16-8-6-5-7-9-16)24-19-11-10-17(28(37)38-4)12-22(19)32-27(24)36/h5-14,31H,15H2,1-4H3,(H,32,36)/b25-24+. The first-order chi connectivity index (χ1) is 18.1. The number of fused-ring (bicyclic) bond motifs is 1. The topological polar surface area (TPSA) is 91.0 Å². The minimum Gasteiger partial charge on any atom is -0.465 e. The molecule has 1 aliphatic rings. The molecule has 10 heteroatoms. The number of hydrogen-bond donors (Lipinski definition) is 2. The maximum atomic E-state index is 13.2. The molecule has 2 amide bonds. The SMILES string of the molecule is COC(=O)c1ccc2c(c1)NC(=O)/C2=C(/Nc1cc(Br)c(N(C)C(=O)CN(C)C)c(Br)c1)c1ccccc1. The van der Waals surface area contributed by atoms with Crippen LogP contribution in [0, 0.1) is 0 Å². The number of carbonyl (C=O) groups is 3. The molecule has 0 fully saturated rings. The summed E-state index contributed by atoms with van der Waals surface area (Å²) in [6, 6.07) is 18.2. The lowest BCUT2D eigenvalue weighted by molar-refractivity contribution is -0.119. The highest BCUT2D eigenvalue weighted by Crippen LogP contribution is 2.41. The van der Waals surface area contributed by atoms with Gasteiger partial charge in [-0.3, -0.25) is 9.59 Å². The van der Waals surface area contributed by atoms with Crippen LogP contribution in [0.4, 0.5) is 17.1 Å². The van der Waals surface area contributed by atoms with E-state index in [1.54, 1.807) is 30.1 Å². The van der Waals surface area contributed by atoms with Gasteiger partial charge in [0.1, 0.15) is 0 Å². The highest BCUT2D eigenvalue weighted by atomic mass is 79.9. The molecule has 4 rings (SSSR count). The fourth-order valence-electron chi connectivity index (χ4n) is 4.15. The zero-order valence-electron chi connectivity index (χ0n) is 21.3. The van der Waals surface area contributed by atoms with Gasteiger partial charge in [-0.25, -0.2) is 4.79 Å². The van der Waals surface area contributed by atoms with Gasteiger partial charge < -0.3 is 25.2 Å². The van der Waals surface area contributed by atoms with E-state index in [1.165, 1.54) is 7.11 Å². The van der Waals surface area contributed by atoms with Gasteiger partial charge >= 0.3 is 5.97 Å². The third kappa shape index (κ3) is 5.67. The Hall–Kier alpha value is -3.47. The van der Waals surface area contributed by atoms with Crippen molar-refractivity contribution in [1.29, 1.82) is 0 Å². The van der Waals surface area contributed by atoms with Crippen LogP contribution in [0.1, 0.15) is 21.5 Å². The summed E-state index contributed by atoms with van der Waals surface area (Å²) in [7, 11) is 6.72. The Labute approximate surface area is 237 Å². The minimum absolute atomic E-state index is 0.0604. The van der Waals surface area contributed by atoms with Gasteiger partial charge in [-0.15, -0.1) is 0 Å². The number of benzene rings is 3. The Morgan fingerprint density at radius 2 is 1.61 bits per heavy atom. The second-order valence-electron chi connectivity index (χ2n) is 8.93. The van der Waals surface area contributed by atoms with E-state index >= 15 is 0 Å². The summed E-state index contributed by atoms with van der Waals surface area (Å²) in [5, 5.41) is 6.29. The second kappa shape index (κ2) is 11.5. The average Bonchev–Trinajstić information content (AvgIpc) is 3.21. The van der Waals surface area contributed by atoms with Crippen LogP contribution in [-0.4, -0.2) is 57.5 Å². The number of amides is 2. The molecular formula is C28H26Br2N4O4. The molecule has 0 bridgehead atoms. The number of halogens is 2.